The molecule has 1 atom stereocenters. The van der Waals surface area contributed by atoms with E-state index >= 15 is 0 Å². The molecule has 0 saturated carbocycles. The van der Waals surface area contributed by atoms with Crippen molar-refractivity contribution >= 4 is 0 Å². The van der Waals surface area contributed by atoms with Gasteiger partial charge in [-0.25, -0.2) is 4.68 Å². The Morgan fingerprint density at radius 2 is 1.70 bits per heavy atom. The molecule has 0 saturated heterocycles. The van der Waals surface area contributed by atoms with E-state index in [2.05, 4.69) is 97.9 Å². The topological polar surface area (TPSA) is 42.7 Å². The Hall–Kier alpha value is -3.24. The molecule has 2 aromatic heterocycles. The smallest absolute Gasteiger partial charge is 0.0972 e. The summed E-state index contributed by atoms with van der Waals surface area (Å²) in [6.45, 7) is 7.17. The molecule has 0 amide bonds. The summed E-state index contributed by atoms with van der Waals surface area (Å²) in [6.07, 6.45) is 6.87. The summed E-state index contributed by atoms with van der Waals surface area (Å²) in [5.74, 6) is 0. The third-order valence-corrected chi connectivity index (χ3v) is 5.44. The van der Waals surface area contributed by atoms with Gasteiger partial charge in [0.2, 0.25) is 0 Å². The van der Waals surface area contributed by atoms with Crippen molar-refractivity contribution in [3.63, 3.8) is 0 Å². The maximum atomic E-state index is 4.96. The lowest BCUT2D eigenvalue weighted by Gasteiger charge is -2.17. The van der Waals surface area contributed by atoms with E-state index in [0.29, 0.717) is 0 Å². The van der Waals surface area contributed by atoms with E-state index in [0.717, 1.165) is 29.9 Å². The summed E-state index contributed by atoms with van der Waals surface area (Å²) in [7, 11) is 0. The fourth-order valence-corrected chi connectivity index (χ4v) is 3.73. The molecule has 2 aromatic carbocycles. The number of hydrogen-bond donors (Lipinski definition) is 1. The minimum Gasteiger partial charge on any atom is -0.306 e. The van der Waals surface area contributed by atoms with Gasteiger partial charge in [0.15, 0.2) is 0 Å². The van der Waals surface area contributed by atoms with Crippen LogP contribution in [-0.4, -0.2) is 14.8 Å². The summed E-state index contributed by atoms with van der Waals surface area (Å²) >= 11 is 0. The van der Waals surface area contributed by atoms with Crippen LogP contribution in [-0.2, 0) is 6.54 Å². The number of rotatable bonds is 7. The van der Waals surface area contributed by atoms with Gasteiger partial charge in [0.05, 0.1) is 11.4 Å². The van der Waals surface area contributed by atoms with Gasteiger partial charge in [-0.2, -0.15) is 5.10 Å². The number of nitrogens with zero attached hydrogens (tertiary/aromatic N) is 3. The second-order valence-corrected chi connectivity index (χ2v) is 7.77. The molecule has 0 bridgehead atoms. The molecule has 0 aliphatic rings. The Labute approximate surface area is 178 Å². The average molecular weight is 397 g/mol. The van der Waals surface area contributed by atoms with Crippen molar-refractivity contribution in [2.45, 2.75) is 39.8 Å². The largest absolute Gasteiger partial charge is 0.306 e. The molecule has 0 aliphatic carbocycles. The lowest BCUT2D eigenvalue weighted by atomic mass is 10.0. The van der Waals surface area contributed by atoms with E-state index < -0.39 is 0 Å². The molecule has 4 aromatic rings. The molecule has 4 heteroatoms. The number of nitrogens with one attached hydrogen (secondary N) is 1. The molecule has 30 heavy (non-hydrogen) atoms. The van der Waals surface area contributed by atoms with E-state index in [1.807, 2.05) is 17.1 Å². The average Bonchev–Trinajstić information content (AvgIpc) is 3.20. The molecule has 4 nitrogen and oxygen atoms in total. The van der Waals surface area contributed by atoms with Crippen molar-refractivity contribution in [2.75, 3.05) is 0 Å². The number of pyridine rings is 1. The van der Waals surface area contributed by atoms with Crippen molar-refractivity contribution in [3.05, 3.63) is 102 Å². The molecule has 0 fully saturated rings. The predicted molar refractivity (Wildman–Crippen MR) is 123 cm³/mol. The Bertz CT molecular complexity index is 1100. The maximum absolute atomic E-state index is 4.96. The van der Waals surface area contributed by atoms with Crippen molar-refractivity contribution < 1.29 is 0 Å². The number of aryl methyl sites for hydroxylation is 2. The van der Waals surface area contributed by atoms with Crippen LogP contribution in [0.25, 0.3) is 16.9 Å². The van der Waals surface area contributed by atoms with Crippen LogP contribution < -0.4 is 5.32 Å². The summed E-state index contributed by atoms with van der Waals surface area (Å²) < 4.78 is 1.99. The highest BCUT2D eigenvalue weighted by molar-refractivity contribution is 5.64. The highest BCUT2D eigenvalue weighted by Crippen LogP contribution is 2.26. The van der Waals surface area contributed by atoms with Crippen LogP contribution in [0.1, 0.15) is 41.6 Å². The fraction of sp³-hybridized carbons (Fsp3) is 0.231. The Morgan fingerprint density at radius 1 is 0.933 bits per heavy atom. The zero-order valence-corrected chi connectivity index (χ0v) is 17.8. The van der Waals surface area contributed by atoms with Crippen molar-refractivity contribution in [1.82, 2.24) is 20.1 Å². The van der Waals surface area contributed by atoms with Gasteiger partial charge in [0.25, 0.3) is 0 Å². The van der Waals surface area contributed by atoms with Crippen molar-refractivity contribution in [3.8, 4) is 16.9 Å². The van der Waals surface area contributed by atoms with Gasteiger partial charge in [-0.05, 0) is 56.2 Å². The molecule has 1 N–H and O–H groups in total. The maximum Gasteiger partial charge on any atom is 0.0972 e. The number of hydrogen-bond acceptors (Lipinski definition) is 3. The normalized spacial score (nSPS) is 12.1. The zero-order chi connectivity index (χ0) is 20.9. The van der Waals surface area contributed by atoms with Gasteiger partial charge in [0.1, 0.15) is 0 Å². The highest BCUT2D eigenvalue weighted by Gasteiger charge is 2.15. The Morgan fingerprint density at radius 3 is 2.40 bits per heavy atom. The Kier molecular flexibility index (Phi) is 6.05. The van der Waals surface area contributed by atoms with Gasteiger partial charge in [0, 0.05) is 42.3 Å². The predicted octanol–water partition coefficient (Wildman–Crippen LogP) is 5.79. The molecule has 0 spiro atoms. The first kappa shape index (κ1) is 20.0. The summed E-state index contributed by atoms with van der Waals surface area (Å²) in [4.78, 5) is 4.14. The van der Waals surface area contributed by atoms with Crippen LogP contribution in [0, 0.1) is 13.8 Å². The van der Waals surface area contributed by atoms with Crippen LogP contribution in [0.15, 0.2) is 79.3 Å². The van der Waals surface area contributed by atoms with E-state index in [-0.39, 0.29) is 6.04 Å². The van der Waals surface area contributed by atoms with Gasteiger partial charge < -0.3 is 5.32 Å². The highest BCUT2D eigenvalue weighted by atomic mass is 15.3. The molecule has 4 rings (SSSR count). The zero-order valence-electron chi connectivity index (χ0n) is 17.8. The second kappa shape index (κ2) is 9.06. The summed E-state index contributed by atoms with van der Waals surface area (Å²) in [5.41, 5.74) is 8.17. The fourth-order valence-electron chi connectivity index (χ4n) is 3.73. The van der Waals surface area contributed by atoms with Crippen LogP contribution in [0.3, 0.4) is 0 Å². The standard InChI is InChI=1S/C26H28N4/c1-4-25(21-12-14-27-15-13-21)28-17-23-18-30(24-10-8-19(2)9-11-24)29-26(23)22-7-5-6-20(3)16-22/h5-16,18,25,28H,4,17H2,1-3H3/t25-/m1/s1. The van der Waals surface area contributed by atoms with E-state index in [9.17, 15) is 0 Å². The summed E-state index contributed by atoms with van der Waals surface area (Å²) in [5, 5.41) is 8.68. The first-order valence-electron chi connectivity index (χ1n) is 10.5. The minimum atomic E-state index is 0.279. The van der Waals surface area contributed by atoms with Crippen LogP contribution in [0.4, 0.5) is 0 Å². The lowest BCUT2D eigenvalue weighted by molar-refractivity contribution is 0.519. The van der Waals surface area contributed by atoms with Crippen molar-refractivity contribution in [1.29, 1.82) is 0 Å². The first-order valence-corrected chi connectivity index (χ1v) is 10.5. The SMILES string of the molecule is CC[C@@H](NCc1cn(-c2ccc(C)cc2)nc1-c1cccc(C)c1)c1ccncc1. The molecule has 0 aliphatic heterocycles. The second-order valence-electron chi connectivity index (χ2n) is 7.77. The van der Waals surface area contributed by atoms with Gasteiger partial charge >= 0.3 is 0 Å². The van der Waals surface area contributed by atoms with Crippen LogP contribution in [0.5, 0.6) is 0 Å². The third kappa shape index (κ3) is 4.50. The van der Waals surface area contributed by atoms with Crippen LogP contribution in [0.2, 0.25) is 0 Å². The monoisotopic (exact) mass is 396 g/mol. The van der Waals surface area contributed by atoms with Gasteiger partial charge in [-0.3, -0.25) is 4.98 Å². The molecule has 2 heterocycles. The minimum absolute atomic E-state index is 0.279. The molecule has 152 valence electrons. The molecule has 0 radical (unpaired) electrons. The Balaban J connectivity index is 1.67. The summed E-state index contributed by atoms with van der Waals surface area (Å²) in [6, 6.07) is 21.5. The molecule has 0 unspecified atom stereocenters. The van der Waals surface area contributed by atoms with E-state index in [1.54, 1.807) is 0 Å². The van der Waals surface area contributed by atoms with E-state index in [4.69, 9.17) is 5.10 Å². The number of aromatic nitrogens is 3. The molecular formula is C26H28N4. The quantitative estimate of drug-likeness (QED) is 0.430. The first-order chi connectivity index (χ1) is 14.6. The lowest BCUT2D eigenvalue weighted by Crippen LogP contribution is -2.20. The van der Waals surface area contributed by atoms with Gasteiger partial charge in [-0.1, -0.05) is 48.4 Å². The van der Waals surface area contributed by atoms with Crippen molar-refractivity contribution in [2.24, 2.45) is 0 Å². The number of benzene rings is 2. The van der Waals surface area contributed by atoms with Crippen LogP contribution >= 0.6 is 0 Å². The third-order valence-electron chi connectivity index (χ3n) is 5.44. The molecular weight excluding hydrogens is 368 g/mol. The van der Waals surface area contributed by atoms with E-state index in [1.165, 1.54) is 22.3 Å². The van der Waals surface area contributed by atoms with Gasteiger partial charge in [-0.15, -0.1) is 0 Å².